The molecule has 5 nitrogen and oxygen atoms in total. The number of allylic oxidation sites excluding steroid dienone is 4. The summed E-state index contributed by atoms with van der Waals surface area (Å²) in [7, 11) is 0. The van der Waals surface area contributed by atoms with E-state index in [1.807, 2.05) is 12.3 Å². The molecule has 1 heterocycles. The summed E-state index contributed by atoms with van der Waals surface area (Å²) >= 11 is 0. The highest BCUT2D eigenvalue weighted by Gasteiger charge is 2.54. The average Bonchev–Trinajstić information content (AvgIpc) is 3.46. The van der Waals surface area contributed by atoms with Crippen molar-refractivity contribution in [2.45, 2.75) is 128 Å². The SMILES string of the molecule is C=C1/C(=C\C=C2/CCC[C@]3(C)[C@@H]([C@H](C)/C=C/[C@H](O)C4(c5ncc(CCCCC)o5)CC4)CC[C@@H]23)C[C@@H](O)C[C@@H]1O. The zero-order valence-electron chi connectivity index (χ0n) is 24.9. The van der Waals surface area contributed by atoms with E-state index in [9.17, 15) is 15.3 Å². The second kappa shape index (κ2) is 12.1. The molecular formula is C35H51NO4. The third kappa shape index (κ3) is 5.84. The van der Waals surface area contributed by atoms with E-state index in [0.717, 1.165) is 49.0 Å². The predicted octanol–water partition coefficient (Wildman–Crippen LogP) is 7.13. The quantitative estimate of drug-likeness (QED) is 0.213. The lowest BCUT2D eigenvalue weighted by atomic mass is 9.61. The lowest BCUT2D eigenvalue weighted by Gasteiger charge is -2.44. The summed E-state index contributed by atoms with van der Waals surface area (Å²) in [6.07, 6.45) is 22.1. The molecule has 220 valence electrons. The maximum Gasteiger partial charge on any atom is 0.203 e. The summed E-state index contributed by atoms with van der Waals surface area (Å²) in [6, 6.07) is 0. The van der Waals surface area contributed by atoms with Crippen LogP contribution in [0.5, 0.6) is 0 Å². The molecule has 0 aromatic carbocycles. The molecule has 5 rings (SSSR count). The van der Waals surface area contributed by atoms with Gasteiger partial charge in [-0.05, 0) is 92.1 Å². The summed E-state index contributed by atoms with van der Waals surface area (Å²) in [4.78, 5) is 4.59. The highest BCUT2D eigenvalue weighted by Crippen LogP contribution is 2.60. The van der Waals surface area contributed by atoms with Gasteiger partial charge in [0.15, 0.2) is 0 Å². The number of aromatic nitrogens is 1. The van der Waals surface area contributed by atoms with E-state index in [1.54, 1.807) is 0 Å². The van der Waals surface area contributed by atoms with E-state index >= 15 is 0 Å². The van der Waals surface area contributed by atoms with Crippen LogP contribution in [0.25, 0.3) is 0 Å². The Hall–Kier alpha value is -1.95. The average molecular weight is 550 g/mol. The highest BCUT2D eigenvalue weighted by molar-refractivity contribution is 5.38. The summed E-state index contributed by atoms with van der Waals surface area (Å²) in [5.74, 6) is 3.18. The second-order valence-electron chi connectivity index (χ2n) is 13.6. The fraction of sp³-hybridized carbons (Fsp3) is 0.686. The van der Waals surface area contributed by atoms with Gasteiger partial charge >= 0.3 is 0 Å². The van der Waals surface area contributed by atoms with Gasteiger partial charge in [-0.3, -0.25) is 0 Å². The molecule has 5 heteroatoms. The molecule has 0 unspecified atom stereocenters. The highest BCUT2D eigenvalue weighted by atomic mass is 16.4. The molecular weight excluding hydrogens is 498 g/mol. The van der Waals surface area contributed by atoms with Gasteiger partial charge in [0.2, 0.25) is 5.89 Å². The molecule has 0 saturated heterocycles. The van der Waals surface area contributed by atoms with Gasteiger partial charge in [0.05, 0.1) is 29.9 Å². The Balaban J connectivity index is 1.24. The minimum atomic E-state index is -0.643. The van der Waals surface area contributed by atoms with Crippen molar-refractivity contribution in [1.82, 2.24) is 4.98 Å². The number of fused-ring (bicyclic) bond motifs is 1. The molecule has 4 aliphatic carbocycles. The van der Waals surface area contributed by atoms with Gasteiger partial charge in [-0.15, -0.1) is 0 Å². The number of aliphatic hydroxyl groups excluding tert-OH is 3. The van der Waals surface area contributed by atoms with Crippen LogP contribution in [0.15, 0.2) is 58.2 Å². The van der Waals surface area contributed by atoms with Crippen molar-refractivity contribution in [2.75, 3.05) is 0 Å². The summed E-state index contributed by atoms with van der Waals surface area (Å²) in [5, 5.41) is 31.6. The Morgan fingerprint density at radius 3 is 2.70 bits per heavy atom. The number of rotatable bonds is 10. The molecule has 3 N–H and O–H groups in total. The molecule has 4 fully saturated rings. The van der Waals surface area contributed by atoms with Gasteiger partial charge in [-0.2, -0.15) is 0 Å². The molecule has 4 aliphatic rings. The van der Waals surface area contributed by atoms with Crippen LogP contribution in [-0.4, -0.2) is 38.6 Å². The minimum absolute atomic E-state index is 0.243. The number of hydrogen-bond acceptors (Lipinski definition) is 5. The topological polar surface area (TPSA) is 86.7 Å². The molecule has 1 aromatic heterocycles. The molecule has 0 spiro atoms. The van der Waals surface area contributed by atoms with Crippen molar-refractivity contribution in [1.29, 1.82) is 0 Å². The minimum Gasteiger partial charge on any atom is -0.445 e. The zero-order valence-corrected chi connectivity index (χ0v) is 24.9. The van der Waals surface area contributed by atoms with Gasteiger partial charge in [-0.1, -0.05) is 70.1 Å². The van der Waals surface area contributed by atoms with E-state index in [2.05, 4.69) is 50.6 Å². The Morgan fingerprint density at radius 2 is 1.95 bits per heavy atom. The summed E-state index contributed by atoms with van der Waals surface area (Å²) < 4.78 is 6.12. The van der Waals surface area contributed by atoms with Gasteiger partial charge in [-0.25, -0.2) is 4.98 Å². The number of hydrogen-bond donors (Lipinski definition) is 3. The van der Waals surface area contributed by atoms with Crippen LogP contribution in [0.3, 0.4) is 0 Å². The molecule has 0 bridgehead atoms. The van der Waals surface area contributed by atoms with Crippen LogP contribution < -0.4 is 0 Å². The first-order valence-corrected chi connectivity index (χ1v) is 15.9. The maximum absolute atomic E-state index is 11.3. The smallest absolute Gasteiger partial charge is 0.203 e. The van der Waals surface area contributed by atoms with Gasteiger partial charge in [0.1, 0.15) is 5.76 Å². The lowest BCUT2D eigenvalue weighted by molar-refractivity contribution is 0.0862. The first-order chi connectivity index (χ1) is 19.2. The van der Waals surface area contributed by atoms with E-state index in [0.29, 0.717) is 36.5 Å². The standard InChI is InChI=1S/C35H51NO4/c1-5-6-7-10-28-22-36-33(40-28)35(18-19-35)32(39)16-11-23(2)29-14-15-30-25(9-8-17-34(29,30)4)12-13-26-20-27(37)21-31(38)24(26)3/h11-13,16,22-23,27,29-32,37-39H,3,5-10,14-15,17-21H2,1-2,4H3/b16-11+,25-12+,26-13-/t23-,27-,29-,30+,31+,32+,34-/m1/s1. The van der Waals surface area contributed by atoms with Crippen LogP contribution >= 0.6 is 0 Å². The molecule has 40 heavy (non-hydrogen) atoms. The van der Waals surface area contributed by atoms with Crippen molar-refractivity contribution in [3.63, 3.8) is 0 Å². The lowest BCUT2D eigenvalue weighted by Crippen LogP contribution is -2.35. The summed E-state index contributed by atoms with van der Waals surface area (Å²) in [6.45, 7) is 11.1. The van der Waals surface area contributed by atoms with Crippen molar-refractivity contribution in [2.24, 2.45) is 23.2 Å². The van der Waals surface area contributed by atoms with E-state index < -0.39 is 18.3 Å². The van der Waals surface area contributed by atoms with Crippen LogP contribution in [0.1, 0.15) is 109 Å². The van der Waals surface area contributed by atoms with Crippen molar-refractivity contribution in [3.8, 4) is 0 Å². The molecule has 0 aliphatic heterocycles. The zero-order chi connectivity index (χ0) is 28.5. The fourth-order valence-electron chi connectivity index (χ4n) is 8.18. The van der Waals surface area contributed by atoms with Crippen molar-refractivity contribution < 1.29 is 19.7 Å². The van der Waals surface area contributed by atoms with Gasteiger partial charge in [0.25, 0.3) is 0 Å². The van der Waals surface area contributed by atoms with Crippen LogP contribution in [0.4, 0.5) is 0 Å². The van der Waals surface area contributed by atoms with Gasteiger partial charge in [0, 0.05) is 12.8 Å². The molecule has 0 radical (unpaired) electrons. The largest absolute Gasteiger partial charge is 0.445 e. The first kappa shape index (κ1) is 29.5. The van der Waals surface area contributed by atoms with Crippen LogP contribution in [-0.2, 0) is 11.8 Å². The number of oxazole rings is 1. The normalized spacial score (nSPS) is 35.4. The summed E-state index contributed by atoms with van der Waals surface area (Å²) in [5.41, 5.74) is 3.15. The Bertz CT molecular complexity index is 1140. The number of nitrogens with zero attached hydrogens (tertiary/aromatic N) is 1. The first-order valence-electron chi connectivity index (χ1n) is 15.9. The van der Waals surface area contributed by atoms with E-state index in [1.165, 1.54) is 44.1 Å². The molecule has 4 saturated carbocycles. The Labute approximate surface area is 241 Å². The maximum atomic E-state index is 11.3. The Morgan fingerprint density at radius 1 is 1.15 bits per heavy atom. The van der Waals surface area contributed by atoms with E-state index in [4.69, 9.17) is 4.42 Å². The van der Waals surface area contributed by atoms with Crippen LogP contribution in [0.2, 0.25) is 0 Å². The third-order valence-electron chi connectivity index (χ3n) is 10.9. The second-order valence-corrected chi connectivity index (χ2v) is 13.6. The van der Waals surface area contributed by atoms with Crippen molar-refractivity contribution in [3.05, 3.63) is 65.5 Å². The predicted molar refractivity (Wildman–Crippen MR) is 160 cm³/mol. The number of aryl methyl sites for hydroxylation is 1. The molecule has 7 atom stereocenters. The number of aliphatic hydroxyl groups is 3. The monoisotopic (exact) mass is 549 g/mol. The fourth-order valence-corrected chi connectivity index (χ4v) is 8.18. The van der Waals surface area contributed by atoms with Gasteiger partial charge < -0.3 is 19.7 Å². The number of unbranched alkanes of at least 4 members (excludes halogenated alkanes) is 2. The van der Waals surface area contributed by atoms with Crippen molar-refractivity contribution >= 4 is 0 Å². The molecule has 1 aromatic rings. The van der Waals surface area contributed by atoms with E-state index in [-0.39, 0.29) is 10.8 Å². The third-order valence-corrected chi connectivity index (χ3v) is 10.9. The Kier molecular flexibility index (Phi) is 8.94. The molecule has 0 amide bonds. The van der Waals surface area contributed by atoms with Crippen LogP contribution in [0, 0.1) is 23.2 Å².